The van der Waals surface area contributed by atoms with Gasteiger partial charge in [0.15, 0.2) is 0 Å². The molecular formula is C36H56FeP2. The standard InChI is InChI=1S/C31H51P2.C5H5.Fe/c1-5-16-28(17-6-1)32(29-18-7-2-8-19-29)24-26-14-13-15-27(26)25-33(30-20-9-3-10-21-30)31-22-11-4-12-23-31;1-2-4-5-3-1;/h13-15,28-31H,1-12,16-25H2;1-5H;. The normalized spacial score (nSPS) is 72.4. The zero-order valence-corrected chi connectivity index (χ0v) is 27.6. The Morgan fingerprint density at radius 1 is 0.385 bits per heavy atom. The number of hydrogen-bond donors (Lipinski definition) is 0. The van der Waals surface area contributed by atoms with Crippen LogP contribution in [0, 0.1) is 0 Å². The van der Waals surface area contributed by atoms with Crippen molar-refractivity contribution in [2.75, 3.05) is 12.3 Å². The van der Waals surface area contributed by atoms with Gasteiger partial charge in [-0.3, -0.25) is 0 Å². The first kappa shape index (κ1) is 22.0. The molecule has 0 aromatic rings. The molecule has 0 bridgehead atoms. The average molecular weight is 607 g/mol. The molecule has 0 amide bonds. The molecule has 39 heavy (non-hydrogen) atoms. The molecule has 10 heterocycles. The molecule has 218 valence electrons. The van der Waals surface area contributed by atoms with Crippen molar-refractivity contribution in [3.63, 3.8) is 0 Å². The molecular weight excluding hydrogens is 550 g/mol. The average Bonchev–Trinajstić information content (AvgIpc) is 3.96. The third kappa shape index (κ3) is 0.671. The summed E-state index contributed by atoms with van der Waals surface area (Å²) in [6.45, 7) is -3.31. The minimum atomic E-state index is -3.31. The fraction of sp³-hybridized carbons (Fsp3) is 1.00. The Bertz CT molecular complexity index is 1370. The number of fused-ring (bicyclic) bond motifs is 10. The van der Waals surface area contributed by atoms with E-state index in [1.54, 1.807) is 167 Å². The summed E-state index contributed by atoms with van der Waals surface area (Å²) in [6.07, 6.45) is 36.8. The van der Waals surface area contributed by atoms with Crippen molar-refractivity contribution < 1.29 is 6.51 Å². The molecule has 0 aromatic carbocycles. The Balaban J connectivity index is 0.921. The van der Waals surface area contributed by atoms with Crippen LogP contribution in [0.3, 0.4) is 0 Å². The van der Waals surface area contributed by atoms with Crippen LogP contribution >= 0.6 is 15.8 Å². The van der Waals surface area contributed by atoms with Crippen molar-refractivity contribution in [2.45, 2.75) is 198 Å². The Hall–Kier alpha value is 1.38. The summed E-state index contributed by atoms with van der Waals surface area (Å²) < 4.78 is 2.38. The van der Waals surface area contributed by atoms with Crippen molar-refractivity contribution in [2.24, 2.45) is 0 Å². The second kappa shape index (κ2) is 3.87. The summed E-state index contributed by atoms with van der Waals surface area (Å²) in [5, 5.41) is 0. The molecule has 3 heteroatoms. The van der Waals surface area contributed by atoms with Crippen LogP contribution in [0.2, 0.25) is 47.2 Å². The molecule has 14 aliphatic rings. The van der Waals surface area contributed by atoms with Gasteiger partial charge in [-0.05, 0) is 0 Å². The summed E-state index contributed by atoms with van der Waals surface area (Å²) in [7, 11) is 0.707. The van der Waals surface area contributed by atoms with E-state index in [-0.39, 0.29) is 0 Å². The number of rotatable bonds is 8. The van der Waals surface area contributed by atoms with Gasteiger partial charge in [-0.25, -0.2) is 0 Å². The van der Waals surface area contributed by atoms with Gasteiger partial charge in [-0.15, -0.1) is 0 Å². The van der Waals surface area contributed by atoms with Crippen LogP contribution in [0.1, 0.15) is 128 Å². The maximum absolute atomic E-state index is 3.31. The maximum atomic E-state index is 1.98. The molecule has 4 atom stereocenters. The van der Waals surface area contributed by atoms with E-state index >= 15 is 0 Å². The summed E-state index contributed by atoms with van der Waals surface area (Å²) in [6, 6.07) is 0. The zero-order valence-electron chi connectivity index (χ0n) is 24.7. The molecule has 14 fully saturated rings. The predicted octanol–water partition coefficient (Wildman–Crippen LogP) is 12.4. The molecule has 0 aromatic heterocycles. The molecule has 4 aliphatic carbocycles. The van der Waals surface area contributed by atoms with E-state index in [0.717, 1.165) is 0 Å². The van der Waals surface area contributed by atoms with Crippen LogP contribution in [-0.2, 0) is 6.51 Å². The first-order valence-corrected chi connectivity index (χ1v) is 28.3. The predicted molar refractivity (Wildman–Crippen MR) is 166 cm³/mol. The second-order valence-corrected chi connectivity index (χ2v) is 49.6. The quantitative estimate of drug-likeness (QED) is 0.190. The van der Waals surface area contributed by atoms with Crippen molar-refractivity contribution in [3.05, 3.63) is 0 Å². The van der Waals surface area contributed by atoms with Gasteiger partial charge in [0, 0.05) is 0 Å². The van der Waals surface area contributed by atoms with Gasteiger partial charge in [0.1, 0.15) is 0 Å². The molecule has 4 saturated carbocycles. The first-order valence-electron chi connectivity index (χ1n) is 18.8. The zero-order chi connectivity index (χ0) is 25.0. The van der Waals surface area contributed by atoms with Crippen LogP contribution in [0.25, 0.3) is 0 Å². The van der Waals surface area contributed by atoms with Crippen LogP contribution in [0.4, 0.5) is 0 Å². The van der Waals surface area contributed by atoms with Crippen molar-refractivity contribution in [1.29, 1.82) is 0 Å². The van der Waals surface area contributed by atoms with Gasteiger partial charge in [0.2, 0.25) is 0 Å². The summed E-state index contributed by atoms with van der Waals surface area (Å²) in [5.74, 6) is 0. The third-order valence-corrected chi connectivity index (χ3v) is 76.6. The Morgan fingerprint density at radius 3 is 0.897 bits per heavy atom. The second-order valence-electron chi connectivity index (χ2n) is 20.6. The van der Waals surface area contributed by atoms with Crippen LogP contribution in [0.15, 0.2) is 0 Å². The molecule has 4 unspecified atom stereocenters. The number of hydrogen-bond acceptors (Lipinski definition) is 0. The van der Waals surface area contributed by atoms with Gasteiger partial charge >= 0.3 is 233 Å². The van der Waals surface area contributed by atoms with Crippen molar-refractivity contribution >= 4 is 15.8 Å². The van der Waals surface area contributed by atoms with Crippen LogP contribution in [-0.4, -0.2) is 35.0 Å². The van der Waals surface area contributed by atoms with E-state index in [1.165, 1.54) is 31.3 Å². The van der Waals surface area contributed by atoms with Gasteiger partial charge in [-0.1, -0.05) is 0 Å². The fourth-order valence-electron chi connectivity index (χ4n) is 25.7. The van der Waals surface area contributed by atoms with Crippen molar-refractivity contribution in [1.82, 2.24) is 0 Å². The molecule has 14 rings (SSSR count). The molecule has 10 aliphatic heterocycles. The Kier molecular flexibility index (Phi) is 2.18. The Labute approximate surface area is 231 Å². The SMILES string of the molecule is C1CCC(P(C[C]23[CH]4[CH]5[CH]6[C]2(CP(C2CCCCC2)C2CCCCC2)[Fe]54632789[CH]3[CH]2[CH]7[CH]8[CH]39)C2CCCCC2)CC1. The summed E-state index contributed by atoms with van der Waals surface area (Å²) in [4.78, 5) is 12.4. The van der Waals surface area contributed by atoms with Gasteiger partial charge in [-0.2, -0.15) is 0 Å². The van der Waals surface area contributed by atoms with E-state index in [4.69, 9.17) is 0 Å². The van der Waals surface area contributed by atoms with Crippen molar-refractivity contribution in [3.8, 4) is 0 Å². The molecule has 10 saturated heterocycles. The summed E-state index contributed by atoms with van der Waals surface area (Å²) in [5.41, 5.74) is 4.97. The molecule has 0 nitrogen and oxygen atoms in total. The molecule has 0 N–H and O–H groups in total. The van der Waals surface area contributed by atoms with Gasteiger partial charge < -0.3 is 0 Å². The van der Waals surface area contributed by atoms with E-state index < -0.39 is 6.51 Å². The van der Waals surface area contributed by atoms with Gasteiger partial charge in [0.05, 0.1) is 0 Å². The van der Waals surface area contributed by atoms with Crippen LogP contribution < -0.4 is 0 Å². The Morgan fingerprint density at radius 2 is 0.667 bits per heavy atom. The minimum absolute atomic E-state index is 0.353. The van der Waals surface area contributed by atoms with Gasteiger partial charge in [0.25, 0.3) is 0 Å². The first-order chi connectivity index (χ1) is 19.1. The molecule has 0 radical (unpaired) electrons. The van der Waals surface area contributed by atoms with E-state index in [1.807, 2.05) is 12.3 Å². The van der Waals surface area contributed by atoms with Crippen LogP contribution in [0.5, 0.6) is 0 Å². The fourth-order valence-corrected chi connectivity index (χ4v) is 117. The topological polar surface area (TPSA) is 0 Å². The third-order valence-electron chi connectivity index (χ3n) is 24.5. The van der Waals surface area contributed by atoms with E-state index in [9.17, 15) is 0 Å². The molecule has 1 spiro atoms. The monoisotopic (exact) mass is 606 g/mol. The van der Waals surface area contributed by atoms with E-state index in [0.29, 0.717) is 15.8 Å². The van der Waals surface area contributed by atoms with E-state index in [2.05, 4.69) is 0 Å². The summed E-state index contributed by atoms with van der Waals surface area (Å²) >= 11 is 0.